The topological polar surface area (TPSA) is 60.0 Å². The molecule has 1 unspecified atom stereocenters. The Hall–Kier alpha value is -0.960. The number of halogens is 1. The lowest BCUT2D eigenvalue weighted by atomic mass is 9.95. The molecular formula is C21H31BrN2O4S. The van der Waals surface area contributed by atoms with Crippen LogP contribution in [0.3, 0.4) is 0 Å². The Balaban J connectivity index is 1.64. The van der Waals surface area contributed by atoms with E-state index in [0.717, 1.165) is 54.3 Å². The molecule has 2 aliphatic heterocycles. The van der Waals surface area contributed by atoms with Gasteiger partial charge in [-0.3, -0.25) is 9.69 Å². The zero-order chi connectivity index (χ0) is 20.7. The van der Waals surface area contributed by atoms with Crippen LogP contribution >= 0.6 is 27.7 Å². The largest absolute Gasteiger partial charge is 0.490 e. The van der Waals surface area contributed by atoms with Crippen LogP contribution in [0.25, 0.3) is 0 Å². The number of rotatable bonds is 9. The molecule has 3 rings (SSSR count). The van der Waals surface area contributed by atoms with Gasteiger partial charge in [0.15, 0.2) is 11.5 Å². The minimum absolute atomic E-state index is 0.0295. The van der Waals surface area contributed by atoms with E-state index in [4.69, 9.17) is 14.2 Å². The average molecular weight is 487 g/mol. The maximum Gasteiger partial charge on any atom is 0.224 e. The van der Waals surface area contributed by atoms with Crippen LogP contribution in [-0.2, 0) is 16.0 Å². The molecule has 0 spiro atoms. The number of hydrogen-bond acceptors (Lipinski definition) is 6. The van der Waals surface area contributed by atoms with Gasteiger partial charge in [0.25, 0.3) is 0 Å². The van der Waals surface area contributed by atoms with E-state index in [9.17, 15) is 4.79 Å². The van der Waals surface area contributed by atoms with Crippen molar-refractivity contribution in [3.05, 3.63) is 22.2 Å². The van der Waals surface area contributed by atoms with Gasteiger partial charge in [0.1, 0.15) is 0 Å². The van der Waals surface area contributed by atoms with Gasteiger partial charge in [-0.15, -0.1) is 0 Å². The number of hydrogen-bond donors (Lipinski definition) is 1. The number of nitrogens with zero attached hydrogens (tertiary/aromatic N) is 1. The Morgan fingerprint density at radius 2 is 1.93 bits per heavy atom. The first kappa shape index (κ1) is 22.7. The van der Waals surface area contributed by atoms with Crippen LogP contribution in [0.1, 0.15) is 25.8 Å². The van der Waals surface area contributed by atoms with Crippen LogP contribution in [0.5, 0.6) is 11.5 Å². The third kappa shape index (κ3) is 5.81. The van der Waals surface area contributed by atoms with Gasteiger partial charge in [-0.2, -0.15) is 11.8 Å². The summed E-state index contributed by atoms with van der Waals surface area (Å²) in [5, 5.41) is 3.20. The van der Waals surface area contributed by atoms with Gasteiger partial charge in [0, 0.05) is 35.4 Å². The molecule has 1 aromatic rings. The van der Waals surface area contributed by atoms with Gasteiger partial charge in [0.2, 0.25) is 5.91 Å². The highest BCUT2D eigenvalue weighted by molar-refractivity contribution is 9.10. The molecule has 0 bridgehead atoms. The highest BCUT2D eigenvalue weighted by atomic mass is 79.9. The molecule has 1 aromatic carbocycles. The smallest absolute Gasteiger partial charge is 0.224 e. The Labute approximate surface area is 186 Å². The van der Waals surface area contributed by atoms with Crippen molar-refractivity contribution in [1.82, 2.24) is 10.2 Å². The van der Waals surface area contributed by atoms with Crippen LogP contribution in [0.2, 0.25) is 0 Å². The maximum absolute atomic E-state index is 12.8. The third-order valence-electron chi connectivity index (χ3n) is 5.44. The van der Waals surface area contributed by atoms with Gasteiger partial charge in [-0.05, 0) is 43.7 Å². The lowest BCUT2D eigenvalue weighted by molar-refractivity contribution is -0.121. The lowest BCUT2D eigenvalue weighted by Gasteiger charge is -2.43. The Bertz CT molecular complexity index is 692. The van der Waals surface area contributed by atoms with E-state index in [-0.39, 0.29) is 11.4 Å². The first-order chi connectivity index (χ1) is 14.1. The summed E-state index contributed by atoms with van der Waals surface area (Å²) in [4.78, 5) is 15.3. The molecule has 2 fully saturated rings. The number of nitrogens with one attached hydrogen (secondary N) is 1. The first-order valence-corrected chi connectivity index (χ1v) is 12.3. The summed E-state index contributed by atoms with van der Waals surface area (Å²) in [6, 6.07) is 3.79. The summed E-state index contributed by atoms with van der Waals surface area (Å²) >= 11 is 5.56. The quantitative estimate of drug-likeness (QED) is 0.578. The predicted molar refractivity (Wildman–Crippen MR) is 120 cm³/mol. The average Bonchev–Trinajstić information content (AvgIpc) is 3.21. The van der Waals surface area contributed by atoms with Crippen molar-refractivity contribution in [1.29, 1.82) is 0 Å². The number of benzene rings is 1. The molecule has 0 aliphatic carbocycles. The Morgan fingerprint density at radius 1 is 1.24 bits per heavy atom. The van der Waals surface area contributed by atoms with E-state index in [1.807, 2.05) is 37.7 Å². The van der Waals surface area contributed by atoms with Crippen molar-refractivity contribution >= 4 is 33.6 Å². The fourth-order valence-electron chi connectivity index (χ4n) is 3.88. The van der Waals surface area contributed by atoms with Gasteiger partial charge < -0.3 is 19.5 Å². The van der Waals surface area contributed by atoms with Crippen LogP contribution in [-0.4, -0.2) is 73.9 Å². The SMILES string of the molecule is CCOc1cc(Br)c(CC(=O)NCC2(N3CCOCC3)CCSC2)cc1OCC. The molecule has 0 radical (unpaired) electrons. The minimum Gasteiger partial charge on any atom is -0.490 e. The highest BCUT2D eigenvalue weighted by Crippen LogP contribution is 2.35. The molecule has 29 heavy (non-hydrogen) atoms. The molecule has 8 heteroatoms. The molecule has 0 saturated carbocycles. The molecular weight excluding hydrogens is 456 g/mol. The van der Waals surface area contributed by atoms with Crippen LogP contribution in [0.4, 0.5) is 0 Å². The molecule has 2 aliphatic rings. The number of morpholine rings is 1. The number of ether oxygens (including phenoxy) is 3. The van der Waals surface area contributed by atoms with Gasteiger partial charge >= 0.3 is 0 Å². The molecule has 1 N–H and O–H groups in total. The third-order valence-corrected chi connectivity index (χ3v) is 7.41. The van der Waals surface area contributed by atoms with E-state index >= 15 is 0 Å². The molecule has 0 aromatic heterocycles. The summed E-state index contributed by atoms with van der Waals surface area (Å²) in [7, 11) is 0. The second-order valence-corrected chi connectivity index (χ2v) is 9.30. The minimum atomic E-state index is 0.0295. The van der Waals surface area contributed by atoms with Crippen LogP contribution in [0, 0.1) is 0 Å². The van der Waals surface area contributed by atoms with Crippen molar-refractivity contribution < 1.29 is 19.0 Å². The highest BCUT2D eigenvalue weighted by Gasteiger charge is 2.40. The summed E-state index contributed by atoms with van der Waals surface area (Å²) < 4.78 is 17.7. The molecule has 2 saturated heterocycles. The molecule has 1 atom stereocenters. The maximum atomic E-state index is 12.8. The van der Waals surface area contributed by atoms with E-state index in [1.54, 1.807) is 0 Å². The zero-order valence-electron chi connectivity index (χ0n) is 17.3. The lowest BCUT2D eigenvalue weighted by Crippen LogP contribution is -2.59. The summed E-state index contributed by atoms with van der Waals surface area (Å²) in [5.74, 6) is 3.61. The Morgan fingerprint density at radius 3 is 2.55 bits per heavy atom. The van der Waals surface area contributed by atoms with Crippen molar-refractivity contribution in [3.8, 4) is 11.5 Å². The standard InChI is InChI=1S/C21H31BrN2O4S/c1-3-27-18-11-16(17(22)13-19(18)28-4-2)12-20(25)23-14-21(5-10-29-15-21)24-6-8-26-9-7-24/h11,13H,3-10,12,14-15H2,1-2H3,(H,23,25). The van der Waals surface area contributed by atoms with E-state index in [2.05, 4.69) is 26.1 Å². The molecule has 1 amide bonds. The molecule has 6 nitrogen and oxygen atoms in total. The van der Waals surface area contributed by atoms with Gasteiger partial charge in [-0.1, -0.05) is 15.9 Å². The summed E-state index contributed by atoms with van der Waals surface area (Å²) in [6.07, 6.45) is 1.42. The number of amides is 1. The van der Waals surface area contributed by atoms with E-state index in [1.165, 1.54) is 0 Å². The predicted octanol–water partition coefficient (Wildman–Crippen LogP) is 3.11. The van der Waals surface area contributed by atoms with Crippen molar-refractivity contribution in [2.75, 3.05) is 57.6 Å². The van der Waals surface area contributed by atoms with Crippen molar-refractivity contribution in [3.63, 3.8) is 0 Å². The second-order valence-electron chi connectivity index (χ2n) is 7.34. The fourth-order valence-corrected chi connectivity index (χ4v) is 5.82. The first-order valence-electron chi connectivity index (χ1n) is 10.3. The molecule has 2 heterocycles. The van der Waals surface area contributed by atoms with Crippen LogP contribution < -0.4 is 14.8 Å². The normalized spacial score (nSPS) is 22.4. The van der Waals surface area contributed by atoms with E-state index < -0.39 is 0 Å². The number of thioether (sulfide) groups is 1. The second kappa shape index (κ2) is 10.9. The van der Waals surface area contributed by atoms with Crippen molar-refractivity contribution in [2.45, 2.75) is 32.2 Å². The van der Waals surface area contributed by atoms with Crippen LogP contribution in [0.15, 0.2) is 16.6 Å². The monoisotopic (exact) mass is 486 g/mol. The van der Waals surface area contributed by atoms with Gasteiger partial charge in [-0.25, -0.2) is 0 Å². The number of carbonyl (C=O) groups excluding carboxylic acids is 1. The van der Waals surface area contributed by atoms with Crippen molar-refractivity contribution in [2.24, 2.45) is 0 Å². The molecule has 162 valence electrons. The number of carbonyl (C=O) groups is 1. The summed E-state index contributed by atoms with van der Waals surface area (Å²) in [6.45, 7) is 9.12. The summed E-state index contributed by atoms with van der Waals surface area (Å²) in [5.41, 5.74) is 0.951. The zero-order valence-corrected chi connectivity index (χ0v) is 19.7. The van der Waals surface area contributed by atoms with E-state index in [0.29, 0.717) is 37.7 Å². The fraction of sp³-hybridized carbons (Fsp3) is 0.667. The van der Waals surface area contributed by atoms with Gasteiger partial charge in [0.05, 0.1) is 32.8 Å². The Kier molecular flexibility index (Phi) is 8.53.